The SMILES string of the molecule is COc1ccc(Cl)cc1-c1nc(S/C(=C\c2cc(Cl)ccc2OCc2ccc(F)cc2)C(=O)O)n[nH]1. The molecule has 0 aliphatic heterocycles. The van der Waals surface area contributed by atoms with E-state index < -0.39 is 5.97 Å². The van der Waals surface area contributed by atoms with Gasteiger partial charge >= 0.3 is 5.97 Å². The molecule has 11 heteroatoms. The fourth-order valence-electron chi connectivity index (χ4n) is 3.16. The topological polar surface area (TPSA) is 97.3 Å². The second-order valence-corrected chi connectivity index (χ2v) is 9.21. The summed E-state index contributed by atoms with van der Waals surface area (Å²) in [6, 6.07) is 15.8. The summed E-state index contributed by atoms with van der Waals surface area (Å²) >= 11 is 13.1. The summed E-state index contributed by atoms with van der Waals surface area (Å²) in [4.78, 5) is 16.4. The van der Waals surface area contributed by atoms with E-state index in [1.807, 2.05) is 0 Å². The van der Waals surface area contributed by atoms with Crippen molar-refractivity contribution in [3.8, 4) is 22.9 Å². The number of carbonyl (C=O) groups is 1. The van der Waals surface area contributed by atoms with Crippen LogP contribution in [0, 0.1) is 5.82 Å². The monoisotopic (exact) mass is 545 g/mol. The molecule has 4 rings (SSSR count). The van der Waals surface area contributed by atoms with E-state index in [0.717, 1.165) is 17.3 Å². The zero-order valence-corrected chi connectivity index (χ0v) is 21.0. The van der Waals surface area contributed by atoms with Crippen molar-refractivity contribution in [1.29, 1.82) is 0 Å². The number of aromatic nitrogens is 3. The van der Waals surface area contributed by atoms with Gasteiger partial charge < -0.3 is 14.6 Å². The Balaban J connectivity index is 1.59. The van der Waals surface area contributed by atoms with Crippen LogP contribution >= 0.6 is 35.0 Å². The number of rotatable bonds is 9. The molecule has 184 valence electrons. The number of benzene rings is 3. The molecule has 0 aliphatic rings. The van der Waals surface area contributed by atoms with Gasteiger partial charge in [-0.3, -0.25) is 5.10 Å². The van der Waals surface area contributed by atoms with Gasteiger partial charge in [-0.2, -0.15) is 0 Å². The van der Waals surface area contributed by atoms with E-state index in [4.69, 9.17) is 32.7 Å². The van der Waals surface area contributed by atoms with Crippen LogP contribution in [0.5, 0.6) is 11.5 Å². The molecule has 36 heavy (non-hydrogen) atoms. The lowest BCUT2D eigenvalue weighted by Crippen LogP contribution is -2.00. The van der Waals surface area contributed by atoms with Crippen molar-refractivity contribution in [2.24, 2.45) is 0 Å². The molecule has 0 unspecified atom stereocenters. The number of nitrogens with zero attached hydrogens (tertiary/aromatic N) is 2. The van der Waals surface area contributed by atoms with Gasteiger partial charge in [0.25, 0.3) is 0 Å². The van der Waals surface area contributed by atoms with Gasteiger partial charge in [-0.05, 0) is 71.9 Å². The van der Waals surface area contributed by atoms with Crippen LogP contribution in [-0.2, 0) is 11.4 Å². The predicted molar refractivity (Wildman–Crippen MR) is 137 cm³/mol. The van der Waals surface area contributed by atoms with Crippen LogP contribution in [0.25, 0.3) is 17.5 Å². The van der Waals surface area contributed by atoms with E-state index >= 15 is 0 Å². The van der Waals surface area contributed by atoms with Crippen molar-refractivity contribution in [1.82, 2.24) is 15.2 Å². The molecule has 1 heterocycles. The van der Waals surface area contributed by atoms with Crippen molar-refractivity contribution < 1.29 is 23.8 Å². The fraction of sp³-hybridized carbons (Fsp3) is 0.0800. The molecule has 0 saturated heterocycles. The number of ether oxygens (including phenoxy) is 2. The van der Waals surface area contributed by atoms with Crippen molar-refractivity contribution in [3.63, 3.8) is 0 Å². The molecular formula is C25H18Cl2FN3O4S. The second-order valence-electron chi connectivity index (χ2n) is 7.32. The Bertz CT molecular complexity index is 1430. The summed E-state index contributed by atoms with van der Waals surface area (Å²) in [5, 5.41) is 17.8. The maximum atomic E-state index is 13.2. The maximum Gasteiger partial charge on any atom is 0.342 e. The van der Waals surface area contributed by atoms with E-state index in [-0.39, 0.29) is 22.5 Å². The van der Waals surface area contributed by atoms with Crippen molar-refractivity contribution >= 4 is 47.0 Å². The van der Waals surface area contributed by atoms with Gasteiger partial charge in [-0.25, -0.2) is 14.2 Å². The van der Waals surface area contributed by atoms with Gasteiger partial charge in [0.05, 0.1) is 12.7 Å². The number of thioether (sulfide) groups is 1. The first-order valence-corrected chi connectivity index (χ1v) is 12.0. The van der Waals surface area contributed by atoms with Gasteiger partial charge in [-0.1, -0.05) is 35.3 Å². The highest BCUT2D eigenvalue weighted by atomic mass is 35.5. The largest absolute Gasteiger partial charge is 0.496 e. The molecule has 0 amide bonds. The van der Waals surface area contributed by atoms with Crippen LogP contribution in [-0.4, -0.2) is 33.4 Å². The Morgan fingerprint density at radius 1 is 1.08 bits per heavy atom. The van der Waals surface area contributed by atoms with E-state index in [9.17, 15) is 14.3 Å². The molecule has 0 spiro atoms. The molecule has 0 radical (unpaired) electrons. The van der Waals surface area contributed by atoms with Gasteiger partial charge in [0.15, 0.2) is 5.82 Å². The number of methoxy groups -OCH3 is 1. The normalized spacial score (nSPS) is 11.4. The van der Waals surface area contributed by atoms with Crippen LogP contribution < -0.4 is 9.47 Å². The molecule has 0 atom stereocenters. The van der Waals surface area contributed by atoms with Crippen molar-refractivity contribution in [2.75, 3.05) is 7.11 Å². The van der Waals surface area contributed by atoms with Crippen LogP contribution in [0.4, 0.5) is 4.39 Å². The summed E-state index contributed by atoms with van der Waals surface area (Å²) in [7, 11) is 1.52. The van der Waals surface area contributed by atoms with Crippen molar-refractivity contribution in [2.45, 2.75) is 11.8 Å². The number of H-pyrrole nitrogens is 1. The molecule has 0 aliphatic carbocycles. The van der Waals surface area contributed by atoms with E-state index in [2.05, 4.69) is 15.2 Å². The standard InChI is InChI=1S/C25H18Cl2FN3O4S/c1-34-21-9-5-17(27)12-19(21)23-29-25(31-30-23)36-22(24(32)33)11-15-10-16(26)4-8-20(15)35-13-14-2-6-18(28)7-3-14/h2-12H,13H2,1H3,(H,32,33)(H,29,30,31)/b22-11-. The summed E-state index contributed by atoms with van der Waals surface area (Å²) in [6.07, 6.45) is 1.43. The number of aromatic amines is 1. The minimum Gasteiger partial charge on any atom is -0.496 e. The van der Waals surface area contributed by atoms with E-state index in [1.165, 1.54) is 25.3 Å². The predicted octanol–water partition coefficient (Wildman–Crippen LogP) is 6.72. The minimum absolute atomic E-state index is 0.0625. The Morgan fingerprint density at radius 3 is 2.47 bits per heavy atom. The van der Waals surface area contributed by atoms with E-state index in [0.29, 0.717) is 38.5 Å². The number of halogens is 3. The van der Waals surface area contributed by atoms with Gasteiger partial charge in [-0.15, -0.1) is 5.10 Å². The molecule has 1 aromatic heterocycles. The molecule has 0 bridgehead atoms. The minimum atomic E-state index is -1.18. The van der Waals surface area contributed by atoms with Crippen LogP contribution in [0.2, 0.25) is 10.0 Å². The average molecular weight is 546 g/mol. The Hall–Kier alpha value is -3.53. The highest BCUT2D eigenvalue weighted by molar-refractivity contribution is 8.04. The lowest BCUT2D eigenvalue weighted by atomic mass is 10.2. The highest BCUT2D eigenvalue weighted by Gasteiger charge is 2.17. The number of hydrogen-bond acceptors (Lipinski definition) is 6. The molecule has 3 aromatic carbocycles. The van der Waals surface area contributed by atoms with Gasteiger partial charge in [0, 0.05) is 15.6 Å². The first-order chi connectivity index (χ1) is 17.3. The Kier molecular flexibility index (Phi) is 8.14. The molecule has 0 saturated carbocycles. The first kappa shape index (κ1) is 25.6. The van der Waals surface area contributed by atoms with Crippen molar-refractivity contribution in [3.05, 3.63) is 92.6 Å². The number of aliphatic carboxylic acids is 1. The second kappa shape index (κ2) is 11.5. The molecule has 2 N–H and O–H groups in total. The lowest BCUT2D eigenvalue weighted by Gasteiger charge is -2.11. The molecule has 0 fully saturated rings. The van der Waals surface area contributed by atoms with E-state index in [1.54, 1.807) is 48.5 Å². The maximum absolute atomic E-state index is 13.2. The molecule has 7 nitrogen and oxygen atoms in total. The molecule has 4 aromatic rings. The van der Waals surface area contributed by atoms with Crippen LogP contribution in [0.1, 0.15) is 11.1 Å². The quantitative estimate of drug-likeness (QED) is 0.178. The third-order valence-electron chi connectivity index (χ3n) is 4.86. The first-order valence-electron chi connectivity index (χ1n) is 10.4. The van der Waals surface area contributed by atoms with Gasteiger partial charge in [0.1, 0.15) is 28.8 Å². The number of carboxylic acids is 1. The zero-order valence-electron chi connectivity index (χ0n) is 18.7. The lowest BCUT2D eigenvalue weighted by molar-refractivity contribution is -0.131. The van der Waals surface area contributed by atoms with Gasteiger partial charge in [0.2, 0.25) is 5.16 Å². The number of nitrogens with one attached hydrogen (secondary N) is 1. The molecular weight excluding hydrogens is 528 g/mol. The number of hydrogen-bond donors (Lipinski definition) is 2. The number of carboxylic acid groups (broad SMARTS) is 1. The highest BCUT2D eigenvalue weighted by Crippen LogP contribution is 2.34. The Morgan fingerprint density at radius 2 is 1.78 bits per heavy atom. The van der Waals surface area contributed by atoms with Crippen LogP contribution in [0.15, 0.2) is 70.7 Å². The summed E-state index contributed by atoms with van der Waals surface area (Å²) in [5.41, 5.74) is 1.78. The summed E-state index contributed by atoms with van der Waals surface area (Å²) in [5.74, 6) is -0.227. The average Bonchev–Trinajstić information content (AvgIpc) is 3.32. The third-order valence-corrected chi connectivity index (χ3v) is 6.21. The summed E-state index contributed by atoms with van der Waals surface area (Å²) < 4.78 is 24.4. The smallest absolute Gasteiger partial charge is 0.342 e. The Labute approximate surface area is 219 Å². The zero-order chi connectivity index (χ0) is 25.7. The summed E-state index contributed by atoms with van der Waals surface area (Å²) in [6.45, 7) is 0.157. The third kappa shape index (κ3) is 6.37. The fourth-order valence-corrected chi connectivity index (χ4v) is 4.21. The van der Waals surface area contributed by atoms with Crippen LogP contribution in [0.3, 0.4) is 0 Å².